The van der Waals surface area contributed by atoms with Gasteiger partial charge in [-0.2, -0.15) is 0 Å². The van der Waals surface area contributed by atoms with Crippen LogP contribution in [0, 0.1) is 0 Å². The molecule has 272 valence electrons. The van der Waals surface area contributed by atoms with E-state index in [0.717, 1.165) is 85.8 Å². The number of sulfonamides is 1. The Bertz CT molecular complexity index is 1970. The van der Waals surface area contributed by atoms with Gasteiger partial charge in [0.25, 0.3) is 0 Å². The van der Waals surface area contributed by atoms with E-state index in [1.54, 1.807) is 6.20 Å². The molecular formula is C39H41F3N6O3S. The highest BCUT2D eigenvalue weighted by Gasteiger charge is 2.31. The average Bonchev–Trinajstić information content (AvgIpc) is 3.40. The van der Waals surface area contributed by atoms with Crippen LogP contribution in [0.5, 0.6) is 5.75 Å². The summed E-state index contributed by atoms with van der Waals surface area (Å²) >= 11 is 0. The highest BCUT2D eigenvalue weighted by atomic mass is 32.2. The van der Waals surface area contributed by atoms with Crippen LogP contribution in [-0.2, 0) is 35.7 Å². The van der Waals surface area contributed by atoms with Crippen molar-refractivity contribution < 1.29 is 26.3 Å². The minimum absolute atomic E-state index is 0.135. The maximum Gasteiger partial charge on any atom is 0.573 e. The number of hydrogen-bond donors (Lipinski definition) is 2. The summed E-state index contributed by atoms with van der Waals surface area (Å²) in [7, 11) is -3.87. The van der Waals surface area contributed by atoms with Gasteiger partial charge in [0.1, 0.15) is 17.4 Å². The van der Waals surface area contributed by atoms with Crippen LogP contribution in [0.25, 0.3) is 0 Å². The van der Waals surface area contributed by atoms with Gasteiger partial charge in [-0.05, 0) is 116 Å². The summed E-state index contributed by atoms with van der Waals surface area (Å²) in [5.41, 5.74) is 13.1. The van der Waals surface area contributed by atoms with Crippen LogP contribution in [0.1, 0.15) is 35.1 Å². The number of nitrogens with one attached hydrogen (secondary N) is 1. The molecule has 3 aromatic carbocycles. The van der Waals surface area contributed by atoms with Gasteiger partial charge in [0.15, 0.2) is 0 Å². The third kappa shape index (κ3) is 9.08. The zero-order valence-electron chi connectivity index (χ0n) is 28.6. The number of para-hydroxylation sites is 2. The smallest absolute Gasteiger partial charge is 0.406 e. The number of halogens is 3. The first-order valence-electron chi connectivity index (χ1n) is 17.3. The molecule has 7 rings (SSSR count). The van der Waals surface area contributed by atoms with Crippen molar-refractivity contribution in [3.8, 4) is 5.75 Å². The van der Waals surface area contributed by atoms with Crippen LogP contribution in [0.2, 0.25) is 0 Å². The molecule has 0 spiro atoms. The first-order valence-corrected chi connectivity index (χ1v) is 18.8. The van der Waals surface area contributed by atoms with E-state index >= 15 is 0 Å². The second kappa shape index (κ2) is 16.6. The molecule has 0 fully saturated rings. The number of pyridine rings is 2. The number of rotatable bonds is 10. The SMILES string of the molecule is NCCCN1c2ccccc2CCc2cccnc21.O=S(=O)(NCCCN1c2ccccc2CCc2cccnc21)c1ccc(OC(F)(F)F)cc1. The van der Waals surface area contributed by atoms with E-state index in [4.69, 9.17) is 5.73 Å². The van der Waals surface area contributed by atoms with E-state index in [2.05, 4.69) is 71.7 Å². The molecule has 0 unspecified atom stereocenters. The fourth-order valence-corrected chi connectivity index (χ4v) is 7.60. The van der Waals surface area contributed by atoms with Crippen molar-refractivity contribution in [1.29, 1.82) is 0 Å². The molecule has 3 N–H and O–H groups in total. The van der Waals surface area contributed by atoms with Crippen molar-refractivity contribution in [2.75, 3.05) is 36.0 Å². The predicted octanol–water partition coefficient (Wildman–Crippen LogP) is 7.25. The molecule has 9 nitrogen and oxygen atoms in total. The van der Waals surface area contributed by atoms with E-state index < -0.39 is 22.1 Å². The Kier molecular flexibility index (Phi) is 11.7. The van der Waals surface area contributed by atoms with Gasteiger partial charge in [0.05, 0.1) is 4.90 Å². The van der Waals surface area contributed by atoms with Crippen molar-refractivity contribution in [2.24, 2.45) is 5.73 Å². The zero-order valence-corrected chi connectivity index (χ0v) is 29.4. The molecule has 0 saturated carbocycles. The Balaban J connectivity index is 0.000000206. The van der Waals surface area contributed by atoms with Gasteiger partial charge < -0.3 is 20.3 Å². The Morgan fingerprint density at radius 1 is 0.673 bits per heavy atom. The average molecular weight is 731 g/mol. The monoisotopic (exact) mass is 730 g/mol. The topological polar surface area (TPSA) is 114 Å². The van der Waals surface area contributed by atoms with E-state index in [1.165, 1.54) is 22.4 Å². The number of hydrogen-bond acceptors (Lipinski definition) is 8. The molecule has 0 atom stereocenters. The minimum atomic E-state index is -4.84. The Morgan fingerprint density at radius 3 is 1.67 bits per heavy atom. The molecule has 2 aromatic heterocycles. The van der Waals surface area contributed by atoms with Crippen LogP contribution < -0.4 is 25.0 Å². The third-order valence-corrected chi connectivity index (χ3v) is 10.4. The summed E-state index contributed by atoms with van der Waals surface area (Å²) in [5.74, 6) is 1.49. The number of fused-ring (bicyclic) bond motifs is 4. The summed E-state index contributed by atoms with van der Waals surface area (Å²) < 4.78 is 68.2. The molecule has 52 heavy (non-hydrogen) atoms. The number of nitrogens with zero attached hydrogens (tertiary/aromatic N) is 4. The molecular weight excluding hydrogens is 690 g/mol. The minimum Gasteiger partial charge on any atom is -0.406 e. The van der Waals surface area contributed by atoms with Crippen LogP contribution in [0.3, 0.4) is 0 Å². The van der Waals surface area contributed by atoms with Crippen LogP contribution in [0.15, 0.2) is 114 Å². The summed E-state index contributed by atoms with van der Waals surface area (Å²) in [6.07, 6.45) is 4.16. The van der Waals surface area contributed by atoms with E-state index in [0.29, 0.717) is 19.5 Å². The number of ether oxygens (including phenoxy) is 1. The number of nitrogens with two attached hydrogens (primary N) is 1. The lowest BCUT2D eigenvalue weighted by Gasteiger charge is -2.25. The number of anilines is 4. The van der Waals surface area contributed by atoms with Crippen LogP contribution in [-0.4, -0.2) is 50.9 Å². The molecule has 0 saturated heterocycles. The Labute approximate surface area is 302 Å². The first kappa shape index (κ1) is 36.8. The van der Waals surface area contributed by atoms with E-state index in [1.807, 2.05) is 36.5 Å². The van der Waals surface area contributed by atoms with Gasteiger partial charge in [0, 0.05) is 43.4 Å². The lowest BCUT2D eigenvalue weighted by Crippen LogP contribution is -2.28. The van der Waals surface area contributed by atoms with Gasteiger partial charge in [-0.15, -0.1) is 13.2 Å². The summed E-state index contributed by atoms with van der Waals surface area (Å²) in [6.45, 7) is 2.34. The number of benzene rings is 3. The summed E-state index contributed by atoms with van der Waals surface area (Å²) in [6, 6.07) is 29.0. The summed E-state index contributed by atoms with van der Waals surface area (Å²) in [5, 5.41) is 0. The highest BCUT2D eigenvalue weighted by molar-refractivity contribution is 7.89. The Hall–Kier alpha value is -4.98. The first-order chi connectivity index (χ1) is 25.1. The normalized spacial score (nSPS) is 13.7. The highest BCUT2D eigenvalue weighted by Crippen LogP contribution is 2.36. The van der Waals surface area contributed by atoms with Crippen molar-refractivity contribution in [2.45, 2.75) is 49.8 Å². The molecule has 5 aromatic rings. The van der Waals surface area contributed by atoms with Gasteiger partial charge in [-0.25, -0.2) is 23.1 Å². The number of aryl methyl sites for hydroxylation is 4. The zero-order chi connectivity index (χ0) is 36.6. The van der Waals surface area contributed by atoms with Crippen molar-refractivity contribution >= 4 is 33.0 Å². The molecule has 0 radical (unpaired) electrons. The lowest BCUT2D eigenvalue weighted by atomic mass is 10.1. The molecule has 0 amide bonds. The van der Waals surface area contributed by atoms with Crippen molar-refractivity contribution in [3.63, 3.8) is 0 Å². The Morgan fingerprint density at radius 2 is 1.15 bits per heavy atom. The van der Waals surface area contributed by atoms with Crippen molar-refractivity contribution in [3.05, 3.63) is 132 Å². The maximum absolute atomic E-state index is 12.5. The standard InChI is InChI=1S/C23H22F3N3O3S.C16H19N3/c24-23(25,26)32-19-10-12-20(13-11-19)33(30,31)28-15-4-16-29-21-7-2-1-5-17(21)8-9-18-6-3-14-27-22(18)29;17-10-4-12-19-15-7-2-1-5-13(15)8-9-14-6-3-11-18-16(14)19/h1-3,5-7,10-14,28H,4,8-9,15-16H2;1-3,5-7,11H,4,8-10,12,17H2. The van der Waals surface area contributed by atoms with Gasteiger partial charge in [-0.3, -0.25) is 0 Å². The predicted molar refractivity (Wildman–Crippen MR) is 197 cm³/mol. The summed E-state index contributed by atoms with van der Waals surface area (Å²) in [4.78, 5) is 13.5. The van der Waals surface area contributed by atoms with Crippen LogP contribution in [0.4, 0.5) is 36.2 Å². The third-order valence-electron chi connectivity index (χ3n) is 8.94. The van der Waals surface area contributed by atoms with E-state index in [-0.39, 0.29) is 11.4 Å². The fourth-order valence-electron chi connectivity index (χ4n) is 6.52. The molecule has 4 heterocycles. The second-order valence-corrected chi connectivity index (χ2v) is 14.2. The largest absolute Gasteiger partial charge is 0.573 e. The van der Waals surface area contributed by atoms with Gasteiger partial charge >= 0.3 is 6.36 Å². The lowest BCUT2D eigenvalue weighted by molar-refractivity contribution is -0.274. The molecule has 2 aliphatic rings. The van der Waals surface area contributed by atoms with Crippen LogP contribution >= 0.6 is 0 Å². The molecule has 13 heteroatoms. The number of aromatic nitrogens is 2. The maximum atomic E-state index is 12.5. The van der Waals surface area contributed by atoms with Crippen molar-refractivity contribution in [1.82, 2.24) is 14.7 Å². The molecule has 2 aliphatic heterocycles. The van der Waals surface area contributed by atoms with Gasteiger partial charge in [-0.1, -0.05) is 48.5 Å². The fraction of sp³-hybridized carbons (Fsp3) is 0.282. The molecule has 0 bridgehead atoms. The van der Waals surface area contributed by atoms with Gasteiger partial charge in [0.2, 0.25) is 10.0 Å². The molecule has 0 aliphatic carbocycles. The second-order valence-electron chi connectivity index (χ2n) is 12.4. The van der Waals surface area contributed by atoms with E-state index in [9.17, 15) is 21.6 Å². The number of alkyl halides is 3. The quantitative estimate of drug-likeness (QED) is 0.145.